The highest BCUT2D eigenvalue weighted by molar-refractivity contribution is 5.74. The van der Waals surface area contributed by atoms with Gasteiger partial charge in [-0.1, -0.05) is 13.0 Å². The summed E-state index contributed by atoms with van der Waals surface area (Å²) in [5.74, 6) is 0.581. The van der Waals surface area contributed by atoms with Crippen molar-refractivity contribution >= 4 is 5.91 Å². The van der Waals surface area contributed by atoms with Gasteiger partial charge in [-0.15, -0.1) is 0 Å². The van der Waals surface area contributed by atoms with Crippen molar-refractivity contribution in [2.75, 3.05) is 0 Å². The van der Waals surface area contributed by atoms with Crippen LogP contribution in [0.5, 0.6) is 0 Å². The Bertz CT molecular complexity index is 184. The number of hydrogen-bond acceptors (Lipinski definition) is 1. The van der Waals surface area contributed by atoms with E-state index in [-0.39, 0.29) is 5.91 Å². The van der Waals surface area contributed by atoms with Crippen molar-refractivity contribution in [2.45, 2.75) is 33.1 Å². The molecule has 1 N–H and O–H groups in total. The Morgan fingerprint density at radius 2 is 2.45 bits per heavy atom. The van der Waals surface area contributed by atoms with Gasteiger partial charge in [0.15, 0.2) is 0 Å². The van der Waals surface area contributed by atoms with Crippen molar-refractivity contribution in [3.05, 3.63) is 11.8 Å². The summed E-state index contributed by atoms with van der Waals surface area (Å²) in [5, 5.41) is 2.85. The minimum Gasteiger partial charge on any atom is -0.330 e. The van der Waals surface area contributed by atoms with E-state index in [4.69, 9.17) is 0 Å². The zero-order valence-corrected chi connectivity index (χ0v) is 7.18. The third-order valence-electron chi connectivity index (χ3n) is 2.06. The number of nitrogens with one attached hydrogen (secondary N) is 1. The Balaban J connectivity index is 2.53. The highest BCUT2D eigenvalue weighted by Gasteiger charge is 2.12. The average Bonchev–Trinajstić information content (AvgIpc) is 1.93. The molecule has 0 aliphatic heterocycles. The smallest absolute Gasteiger partial charge is 0.220 e. The first kappa shape index (κ1) is 8.31. The topological polar surface area (TPSA) is 29.1 Å². The predicted octanol–water partition coefficient (Wildman–Crippen LogP) is 1.83. The molecular formula is C9H15NO. The van der Waals surface area contributed by atoms with Gasteiger partial charge in [-0.2, -0.15) is 0 Å². The Morgan fingerprint density at radius 1 is 1.73 bits per heavy atom. The van der Waals surface area contributed by atoms with Gasteiger partial charge in [-0.05, 0) is 25.2 Å². The number of hydrogen-bond donors (Lipinski definition) is 1. The standard InChI is InChI=1S/C9H15NO/c1-7-5-3-4-6-9(7)10-8(2)11/h6-7H,3-5H2,1-2H3,(H,10,11)/t7-/m0/s1. The number of carbonyl (C=O) groups is 1. The largest absolute Gasteiger partial charge is 0.330 e. The van der Waals surface area contributed by atoms with E-state index in [9.17, 15) is 4.79 Å². The quantitative estimate of drug-likeness (QED) is 0.611. The normalized spacial score (nSPS) is 24.2. The van der Waals surface area contributed by atoms with Crippen LogP contribution in [0.4, 0.5) is 0 Å². The average molecular weight is 153 g/mol. The molecule has 2 nitrogen and oxygen atoms in total. The lowest BCUT2D eigenvalue weighted by Crippen LogP contribution is -2.25. The number of allylic oxidation sites excluding steroid dienone is 2. The van der Waals surface area contributed by atoms with Crippen LogP contribution < -0.4 is 5.32 Å². The molecule has 0 aromatic heterocycles. The third kappa shape index (κ3) is 2.37. The maximum Gasteiger partial charge on any atom is 0.220 e. The molecule has 2 heteroatoms. The Labute approximate surface area is 67.7 Å². The van der Waals surface area contributed by atoms with Crippen molar-refractivity contribution in [1.29, 1.82) is 0 Å². The van der Waals surface area contributed by atoms with Crippen LogP contribution in [0.3, 0.4) is 0 Å². The first-order valence-corrected chi connectivity index (χ1v) is 4.18. The van der Waals surface area contributed by atoms with E-state index >= 15 is 0 Å². The van der Waals surface area contributed by atoms with E-state index in [1.807, 2.05) is 0 Å². The van der Waals surface area contributed by atoms with Gasteiger partial charge >= 0.3 is 0 Å². The molecule has 0 fully saturated rings. The monoisotopic (exact) mass is 153 g/mol. The van der Waals surface area contributed by atoms with Gasteiger partial charge in [0.05, 0.1) is 0 Å². The molecule has 0 aromatic carbocycles. The molecule has 1 amide bonds. The molecule has 0 heterocycles. The van der Waals surface area contributed by atoms with Gasteiger partial charge in [0.1, 0.15) is 0 Å². The zero-order valence-electron chi connectivity index (χ0n) is 7.18. The van der Waals surface area contributed by atoms with Gasteiger partial charge in [0, 0.05) is 12.6 Å². The van der Waals surface area contributed by atoms with Crippen LogP contribution in [0.15, 0.2) is 11.8 Å². The van der Waals surface area contributed by atoms with Gasteiger partial charge in [0.2, 0.25) is 5.91 Å². The number of carbonyl (C=O) groups excluding carboxylic acids is 1. The van der Waals surface area contributed by atoms with Crippen LogP contribution >= 0.6 is 0 Å². The lowest BCUT2D eigenvalue weighted by molar-refractivity contribution is -0.118. The Morgan fingerprint density at radius 3 is 3.00 bits per heavy atom. The van der Waals surface area contributed by atoms with E-state index in [2.05, 4.69) is 18.3 Å². The SMILES string of the molecule is CC(=O)NC1=CCCC[C@@H]1C. The Hall–Kier alpha value is -0.790. The lowest BCUT2D eigenvalue weighted by Gasteiger charge is -2.20. The summed E-state index contributed by atoms with van der Waals surface area (Å²) < 4.78 is 0. The second kappa shape index (κ2) is 3.56. The minimum atomic E-state index is 0.0463. The van der Waals surface area contributed by atoms with E-state index in [0.29, 0.717) is 5.92 Å². The van der Waals surface area contributed by atoms with Crippen LogP contribution in [0.2, 0.25) is 0 Å². The highest BCUT2D eigenvalue weighted by Crippen LogP contribution is 2.21. The van der Waals surface area contributed by atoms with E-state index in [0.717, 1.165) is 12.1 Å². The highest BCUT2D eigenvalue weighted by atomic mass is 16.1. The van der Waals surface area contributed by atoms with Crippen molar-refractivity contribution < 1.29 is 4.79 Å². The first-order valence-electron chi connectivity index (χ1n) is 4.18. The van der Waals surface area contributed by atoms with Crippen LogP contribution in [0.25, 0.3) is 0 Å². The maximum absolute atomic E-state index is 10.7. The summed E-state index contributed by atoms with van der Waals surface area (Å²) in [7, 11) is 0. The fraction of sp³-hybridized carbons (Fsp3) is 0.667. The summed E-state index contributed by atoms with van der Waals surface area (Å²) in [6, 6.07) is 0. The number of amides is 1. The summed E-state index contributed by atoms with van der Waals surface area (Å²) >= 11 is 0. The van der Waals surface area contributed by atoms with E-state index in [1.165, 1.54) is 12.8 Å². The van der Waals surface area contributed by atoms with Gasteiger partial charge in [-0.25, -0.2) is 0 Å². The fourth-order valence-corrected chi connectivity index (χ4v) is 1.42. The molecule has 1 rings (SSSR count). The molecule has 0 spiro atoms. The first-order chi connectivity index (χ1) is 5.20. The van der Waals surface area contributed by atoms with Crippen LogP contribution in [-0.2, 0) is 4.79 Å². The summed E-state index contributed by atoms with van der Waals surface area (Å²) in [4.78, 5) is 10.7. The van der Waals surface area contributed by atoms with Gasteiger partial charge < -0.3 is 5.32 Å². The molecule has 0 saturated carbocycles. The predicted molar refractivity (Wildman–Crippen MR) is 44.9 cm³/mol. The van der Waals surface area contributed by atoms with E-state index < -0.39 is 0 Å². The molecule has 1 atom stereocenters. The van der Waals surface area contributed by atoms with Crippen LogP contribution in [0, 0.1) is 5.92 Å². The zero-order chi connectivity index (χ0) is 8.27. The van der Waals surface area contributed by atoms with Crippen LogP contribution in [-0.4, -0.2) is 5.91 Å². The van der Waals surface area contributed by atoms with Gasteiger partial charge in [-0.3, -0.25) is 4.79 Å². The van der Waals surface area contributed by atoms with E-state index in [1.54, 1.807) is 6.92 Å². The van der Waals surface area contributed by atoms with Crippen molar-refractivity contribution in [3.63, 3.8) is 0 Å². The Kier molecular flexibility index (Phi) is 2.69. The van der Waals surface area contributed by atoms with Crippen molar-refractivity contribution in [3.8, 4) is 0 Å². The second-order valence-electron chi connectivity index (χ2n) is 3.17. The lowest BCUT2D eigenvalue weighted by atomic mass is 9.94. The maximum atomic E-state index is 10.7. The molecule has 0 unspecified atom stereocenters. The molecule has 0 saturated heterocycles. The molecule has 62 valence electrons. The summed E-state index contributed by atoms with van der Waals surface area (Å²) in [6.45, 7) is 3.71. The molecule has 0 bridgehead atoms. The van der Waals surface area contributed by atoms with Crippen molar-refractivity contribution in [1.82, 2.24) is 5.32 Å². The summed E-state index contributed by atoms with van der Waals surface area (Å²) in [6.07, 6.45) is 5.70. The minimum absolute atomic E-state index is 0.0463. The van der Waals surface area contributed by atoms with Crippen LogP contribution in [0.1, 0.15) is 33.1 Å². The second-order valence-corrected chi connectivity index (χ2v) is 3.17. The van der Waals surface area contributed by atoms with Gasteiger partial charge in [0.25, 0.3) is 0 Å². The fourth-order valence-electron chi connectivity index (χ4n) is 1.42. The number of rotatable bonds is 1. The third-order valence-corrected chi connectivity index (χ3v) is 2.06. The molecule has 11 heavy (non-hydrogen) atoms. The molecule has 0 radical (unpaired) electrons. The van der Waals surface area contributed by atoms with Crippen molar-refractivity contribution in [2.24, 2.45) is 5.92 Å². The molecule has 0 aromatic rings. The molecular weight excluding hydrogens is 138 g/mol. The molecule has 1 aliphatic rings. The molecule has 1 aliphatic carbocycles. The summed E-state index contributed by atoms with van der Waals surface area (Å²) in [5.41, 5.74) is 1.11.